The third-order valence-electron chi connectivity index (χ3n) is 6.00. The lowest BCUT2D eigenvalue weighted by Crippen LogP contribution is -2.30. The van der Waals surface area contributed by atoms with E-state index in [4.69, 9.17) is 0 Å². The van der Waals surface area contributed by atoms with Gasteiger partial charge in [-0.15, -0.1) is 0 Å². The Morgan fingerprint density at radius 3 is 1.93 bits per heavy atom. The summed E-state index contributed by atoms with van der Waals surface area (Å²) in [5.41, 5.74) is 5.33. The van der Waals surface area contributed by atoms with E-state index in [2.05, 4.69) is 48.5 Å². The molecule has 0 radical (unpaired) electrons. The first-order chi connectivity index (χ1) is 14.3. The summed E-state index contributed by atoms with van der Waals surface area (Å²) in [6.45, 7) is 1.34. The Balaban J connectivity index is 1.39. The third-order valence-corrected chi connectivity index (χ3v) is 6.00. The molecule has 1 amide bonds. The summed E-state index contributed by atoms with van der Waals surface area (Å²) in [7, 11) is 0. The van der Waals surface area contributed by atoms with Crippen LogP contribution in [0.5, 0.6) is 0 Å². The second-order valence-electron chi connectivity index (χ2n) is 8.14. The number of rotatable bonds is 7. The molecule has 3 aromatic carbocycles. The zero-order chi connectivity index (χ0) is 19.9. The van der Waals surface area contributed by atoms with E-state index < -0.39 is 0 Å². The van der Waals surface area contributed by atoms with Gasteiger partial charge in [0, 0.05) is 19.5 Å². The van der Waals surface area contributed by atoms with E-state index in [-0.39, 0.29) is 5.91 Å². The van der Waals surface area contributed by atoms with Crippen molar-refractivity contribution in [2.75, 3.05) is 0 Å². The number of carbonyl (C=O) groups excluding carboxylic acids is 1. The van der Waals surface area contributed by atoms with Crippen LogP contribution in [0.25, 0.3) is 0 Å². The number of benzene rings is 3. The monoisotopic (exact) mass is 383 g/mol. The number of hydrogen-bond acceptors (Lipinski definition) is 1. The fourth-order valence-corrected chi connectivity index (χ4v) is 4.35. The van der Waals surface area contributed by atoms with Gasteiger partial charge >= 0.3 is 0 Å². The molecule has 0 bridgehead atoms. The molecule has 0 saturated heterocycles. The van der Waals surface area contributed by atoms with Crippen LogP contribution < -0.4 is 0 Å². The predicted molar refractivity (Wildman–Crippen MR) is 118 cm³/mol. The van der Waals surface area contributed by atoms with Crippen LogP contribution in [0.2, 0.25) is 0 Å². The van der Waals surface area contributed by atoms with Crippen LogP contribution in [0.4, 0.5) is 0 Å². The van der Waals surface area contributed by atoms with E-state index in [0.29, 0.717) is 25.4 Å². The number of nitrogens with zero attached hydrogens (tertiary/aromatic N) is 1. The second kappa shape index (κ2) is 9.56. The van der Waals surface area contributed by atoms with Crippen molar-refractivity contribution in [2.24, 2.45) is 5.92 Å². The van der Waals surface area contributed by atoms with Crippen molar-refractivity contribution in [3.63, 3.8) is 0 Å². The molecule has 148 valence electrons. The van der Waals surface area contributed by atoms with Crippen LogP contribution in [0.15, 0.2) is 84.9 Å². The Morgan fingerprint density at radius 2 is 1.31 bits per heavy atom. The molecule has 1 unspecified atom stereocenters. The van der Waals surface area contributed by atoms with Gasteiger partial charge in [-0.05, 0) is 53.9 Å². The Morgan fingerprint density at radius 1 is 0.759 bits per heavy atom. The minimum atomic E-state index is 0.261. The number of aryl methyl sites for hydroxylation is 1. The molecule has 2 nitrogen and oxygen atoms in total. The van der Waals surface area contributed by atoms with E-state index >= 15 is 0 Å². The first-order valence-corrected chi connectivity index (χ1v) is 10.7. The molecule has 0 spiro atoms. The van der Waals surface area contributed by atoms with Crippen molar-refractivity contribution in [3.8, 4) is 0 Å². The Labute approximate surface area is 174 Å². The average molecular weight is 384 g/mol. The minimum Gasteiger partial charge on any atom is -0.334 e. The Kier molecular flexibility index (Phi) is 6.41. The van der Waals surface area contributed by atoms with Gasteiger partial charge in [0.25, 0.3) is 0 Å². The highest BCUT2D eigenvalue weighted by molar-refractivity contribution is 5.76. The summed E-state index contributed by atoms with van der Waals surface area (Å²) in [5.74, 6) is 0.876. The molecule has 0 fully saturated rings. The minimum absolute atomic E-state index is 0.261. The van der Waals surface area contributed by atoms with Gasteiger partial charge in [0.05, 0.1) is 0 Å². The number of fused-ring (bicyclic) bond motifs is 1. The molecular formula is C27H29NO. The van der Waals surface area contributed by atoms with Crippen LogP contribution in [-0.4, -0.2) is 10.8 Å². The van der Waals surface area contributed by atoms with E-state index in [1.165, 1.54) is 28.7 Å². The lowest BCUT2D eigenvalue weighted by Gasteiger charge is -2.27. The fourth-order valence-electron chi connectivity index (χ4n) is 4.35. The lowest BCUT2D eigenvalue weighted by atomic mass is 9.81. The maximum atomic E-state index is 13.2. The SMILES string of the molecule is O=C(CCC1CCc2ccccc2C1)N(Cc1ccccc1)Cc1ccccc1. The van der Waals surface area contributed by atoms with Gasteiger partial charge in [0.15, 0.2) is 0 Å². The zero-order valence-corrected chi connectivity index (χ0v) is 17.0. The molecule has 1 atom stereocenters. The highest BCUT2D eigenvalue weighted by Gasteiger charge is 2.21. The van der Waals surface area contributed by atoms with Crippen LogP contribution in [-0.2, 0) is 30.7 Å². The third kappa shape index (κ3) is 5.35. The average Bonchev–Trinajstić information content (AvgIpc) is 2.78. The molecule has 1 aliphatic rings. The van der Waals surface area contributed by atoms with E-state index in [0.717, 1.165) is 19.3 Å². The molecule has 0 aromatic heterocycles. The van der Waals surface area contributed by atoms with E-state index in [1.807, 2.05) is 41.3 Å². The molecule has 0 saturated carbocycles. The smallest absolute Gasteiger partial charge is 0.223 e. The number of amides is 1. The topological polar surface area (TPSA) is 20.3 Å². The van der Waals surface area contributed by atoms with Crippen molar-refractivity contribution in [2.45, 2.75) is 45.2 Å². The molecule has 3 aromatic rings. The summed E-state index contributed by atoms with van der Waals surface area (Å²) in [6.07, 6.45) is 5.06. The van der Waals surface area contributed by atoms with Crippen LogP contribution in [0, 0.1) is 5.92 Å². The lowest BCUT2D eigenvalue weighted by molar-refractivity contribution is -0.132. The van der Waals surface area contributed by atoms with Crippen LogP contribution in [0.1, 0.15) is 41.5 Å². The maximum Gasteiger partial charge on any atom is 0.223 e. The summed E-state index contributed by atoms with van der Waals surface area (Å²) < 4.78 is 0. The second-order valence-corrected chi connectivity index (χ2v) is 8.14. The largest absolute Gasteiger partial charge is 0.334 e. The molecule has 1 aliphatic carbocycles. The van der Waals surface area contributed by atoms with Gasteiger partial charge in [-0.3, -0.25) is 4.79 Å². The molecule has 4 rings (SSSR count). The van der Waals surface area contributed by atoms with Crippen LogP contribution >= 0.6 is 0 Å². The number of carbonyl (C=O) groups is 1. The fraction of sp³-hybridized carbons (Fsp3) is 0.296. The van der Waals surface area contributed by atoms with Crippen molar-refractivity contribution >= 4 is 5.91 Å². The van der Waals surface area contributed by atoms with Gasteiger partial charge < -0.3 is 4.90 Å². The maximum absolute atomic E-state index is 13.2. The molecule has 0 N–H and O–H groups in total. The van der Waals surface area contributed by atoms with Crippen molar-refractivity contribution in [1.29, 1.82) is 0 Å². The first kappa shape index (κ1) is 19.4. The van der Waals surface area contributed by atoms with Crippen molar-refractivity contribution < 1.29 is 4.79 Å². The summed E-state index contributed by atoms with van der Waals surface area (Å²) >= 11 is 0. The summed E-state index contributed by atoms with van der Waals surface area (Å²) in [4.78, 5) is 15.2. The molecule has 0 aliphatic heterocycles. The van der Waals surface area contributed by atoms with Gasteiger partial charge in [0.1, 0.15) is 0 Å². The standard InChI is InChI=1S/C27H29NO/c29-27(18-16-22-15-17-25-13-7-8-14-26(25)19-22)28(20-23-9-3-1-4-10-23)21-24-11-5-2-6-12-24/h1-14,22H,15-21H2. The van der Waals surface area contributed by atoms with E-state index in [1.54, 1.807) is 0 Å². The molecular weight excluding hydrogens is 354 g/mol. The Hall–Kier alpha value is -2.87. The molecule has 29 heavy (non-hydrogen) atoms. The van der Waals surface area contributed by atoms with Gasteiger partial charge in [-0.1, -0.05) is 84.9 Å². The van der Waals surface area contributed by atoms with Gasteiger partial charge in [0.2, 0.25) is 5.91 Å². The molecule has 0 heterocycles. The van der Waals surface area contributed by atoms with Crippen molar-refractivity contribution in [3.05, 3.63) is 107 Å². The zero-order valence-electron chi connectivity index (χ0n) is 17.0. The van der Waals surface area contributed by atoms with Gasteiger partial charge in [-0.2, -0.15) is 0 Å². The van der Waals surface area contributed by atoms with Gasteiger partial charge in [-0.25, -0.2) is 0 Å². The molecule has 2 heteroatoms. The highest BCUT2D eigenvalue weighted by atomic mass is 16.2. The van der Waals surface area contributed by atoms with Crippen LogP contribution in [0.3, 0.4) is 0 Å². The summed E-state index contributed by atoms with van der Waals surface area (Å²) in [5, 5.41) is 0. The number of hydrogen-bond donors (Lipinski definition) is 0. The quantitative estimate of drug-likeness (QED) is 0.505. The highest BCUT2D eigenvalue weighted by Crippen LogP contribution is 2.28. The van der Waals surface area contributed by atoms with E-state index in [9.17, 15) is 4.79 Å². The normalized spacial score (nSPS) is 15.5. The summed E-state index contributed by atoms with van der Waals surface area (Å²) in [6, 6.07) is 29.4. The van der Waals surface area contributed by atoms with Crippen molar-refractivity contribution in [1.82, 2.24) is 4.90 Å². The predicted octanol–water partition coefficient (Wildman–Crippen LogP) is 5.80. The first-order valence-electron chi connectivity index (χ1n) is 10.7. The Bertz CT molecular complexity index is 878.